The Bertz CT molecular complexity index is 2430. The molecule has 0 aliphatic carbocycles. The maximum Gasteiger partial charge on any atom is 0.196 e. The van der Waals surface area contributed by atoms with Gasteiger partial charge in [-0.25, -0.2) is 0 Å². The quantitative estimate of drug-likeness (QED) is 0.156. The highest BCUT2D eigenvalue weighted by atomic mass is 16.2. The van der Waals surface area contributed by atoms with E-state index in [1.165, 1.54) is 0 Å². The van der Waals surface area contributed by atoms with Crippen LogP contribution in [0, 0.1) is 0 Å². The van der Waals surface area contributed by atoms with Gasteiger partial charge in [0.2, 0.25) is 0 Å². The van der Waals surface area contributed by atoms with Gasteiger partial charge in [-0.1, -0.05) is 170 Å². The summed E-state index contributed by atoms with van der Waals surface area (Å²) < 4.78 is 0. The van der Waals surface area contributed by atoms with Crippen molar-refractivity contribution in [2.24, 2.45) is 0 Å². The predicted molar refractivity (Wildman–Crippen MR) is 223 cm³/mol. The summed E-state index contributed by atoms with van der Waals surface area (Å²) in [6.45, 7) is 1.87. The molecule has 0 radical (unpaired) electrons. The highest BCUT2D eigenvalue weighted by Crippen LogP contribution is 2.45. The van der Waals surface area contributed by atoms with E-state index in [1.807, 2.05) is 0 Å². The van der Waals surface area contributed by atoms with Crippen molar-refractivity contribution in [1.29, 1.82) is 0 Å². The molecule has 0 saturated carbocycles. The largest absolute Gasteiger partial charge is 0.293 e. The summed E-state index contributed by atoms with van der Waals surface area (Å²) in [5, 5.41) is 9.15. The van der Waals surface area contributed by atoms with Crippen LogP contribution in [-0.4, -0.2) is 55.8 Å². The minimum Gasteiger partial charge on any atom is -0.293 e. The molecule has 4 aliphatic rings. The van der Waals surface area contributed by atoms with Crippen molar-refractivity contribution >= 4 is 54.7 Å². The van der Waals surface area contributed by atoms with E-state index in [-0.39, 0.29) is 11.6 Å². The van der Waals surface area contributed by atoms with E-state index in [4.69, 9.17) is 0 Å². The Morgan fingerprint density at radius 1 is 0.286 bits per heavy atom. The second-order valence-corrected chi connectivity index (χ2v) is 15.5. The molecule has 4 saturated heterocycles. The number of nitrogens with zero attached hydrogens (tertiary/aromatic N) is 4. The molecule has 0 aromatic heterocycles. The number of rotatable bonds is 8. The topological polar surface area (TPSA) is 47.1 Å². The molecular weight excluding hydrogens is 689 g/mol. The fourth-order valence-electron chi connectivity index (χ4n) is 10.1. The first-order valence-corrected chi connectivity index (χ1v) is 19.6. The van der Waals surface area contributed by atoms with Gasteiger partial charge >= 0.3 is 0 Å². The van der Waals surface area contributed by atoms with Gasteiger partial charge in [-0.3, -0.25) is 29.2 Å². The molecule has 4 bridgehead atoms. The molecule has 12 rings (SSSR count). The van der Waals surface area contributed by atoms with Crippen LogP contribution >= 0.6 is 0 Å². The van der Waals surface area contributed by atoms with Crippen LogP contribution in [0.3, 0.4) is 0 Å². The summed E-state index contributed by atoms with van der Waals surface area (Å²) in [5.74, 6) is 0.233. The first-order valence-electron chi connectivity index (χ1n) is 19.6. The third-order valence-corrected chi connectivity index (χ3v) is 12.5. The Labute approximate surface area is 325 Å². The van der Waals surface area contributed by atoms with Gasteiger partial charge in [0.15, 0.2) is 11.6 Å². The number of ketones is 2. The van der Waals surface area contributed by atoms with E-state index in [0.717, 1.165) is 65.3 Å². The lowest BCUT2D eigenvalue weighted by atomic mass is 9.86. The molecule has 4 fully saturated rings. The van der Waals surface area contributed by atoms with E-state index < -0.39 is 24.7 Å². The van der Waals surface area contributed by atoms with E-state index in [2.05, 4.69) is 189 Å². The van der Waals surface area contributed by atoms with Crippen LogP contribution in [0.4, 0.5) is 0 Å². The Balaban J connectivity index is 1.09. The molecule has 0 unspecified atom stereocenters. The number of benzene rings is 8. The summed E-state index contributed by atoms with van der Waals surface area (Å²) >= 11 is 0. The average molecular weight is 729 g/mol. The molecule has 56 heavy (non-hydrogen) atoms. The second kappa shape index (κ2) is 13.3. The molecule has 4 heterocycles. The van der Waals surface area contributed by atoms with Crippen LogP contribution in [0.15, 0.2) is 170 Å². The molecule has 8 aromatic carbocycles. The fraction of sp³-hybridized carbons (Fsp3) is 0.160. The number of carbonyl (C=O) groups excluding carboxylic acids is 2. The number of hydrogen-bond acceptors (Lipinski definition) is 6. The lowest BCUT2D eigenvalue weighted by molar-refractivity contribution is -0.252. The van der Waals surface area contributed by atoms with Crippen molar-refractivity contribution in [3.63, 3.8) is 0 Å². The molecule has 0 N–H and O–H groups in total. The molecule has 0 amide bonds. The summed E-state index contributed by atoms with van der Waals surface area (Å²) in [5.41, 5.74) is 4.44. The van der Waals surface area contributed by atoms with Gasteiger partial charge in [0, 0.05) is 26.2 Å². The molecular formula is C50H40N4O2. The minimum absolute atomic E-state index is 0.117. The van der Waals surface area contributed by atoms with E-state index >= 15 is 9.59 Å². The number of Topliss-reactive ketones (excluding diaryl/α,β-unsaturated/α-hetero) is 2. The number of hydrogen-bond donors (Lipinski definition) is 0. The van der Waals surface area contributed by atoms with Gasteiger partial charge in [0.1, 0.15) is 24.7 Å². The maximum absolute atomic E-state index is 15.7. The van der Waals surface area contributed by atoms with Crippen molar-refractivity contribution in [2.45, 2.75) is 50.8 Å². The third kappa shape index (κ3) is 5.25. The molecule has 0 atom stereocenters. The third-order valence-electron chi connectivity index (χ3n) is 12.5. The first kappa shape index (κ1) is 33.3. The van der Waals surface area contributed by atoms with Gasteiger partial charge in [-0.15, -0.1) is 0 Å². The molecule has 272 valence electrons. The van der Waals surface area contributed by atoms with Crippen molar-refractivity contribution in [2.75, 3.05) is 0 Å². The number of fused-ring (bicyclic) bond motifs is 4. The van der Waals surface area contributed by atoms with E-state index in [0.29, 0.717) is 26.2 Å². The van der Waals surface area contributed by atoms with Gasteiger partial charge in [0.05, 0.1) is 0 Å². The standard InChI is InChI=1S/C50H40N4O2/c55-45-47-51(29-37-21-9-17-33-13-1-5-25-41(33)37)48-46(56)49(52(47)30-38-22-10-18-34-14-2-6-26-42(34)38)54(32-40-24-12-20-36-16-4-8-28-44(36)40)50(45)53(48)31-39-23-11-19-35-15-3-7-27-43(35)39/h1-28,47-50H,29-32H2. The van der Waals surface area contributed by atoms with Gasteiger partial charge in [-0.2, -0.15) is 0 Å². The molecule has 6 heteroatoms. The highest BCUT2D eigenvalue weighted by molar-refractivity contribution is 6.01. The monoisotopic (exact) mass is 728 g/mol. The summed E-state index contributed by atoms with van der Waals surface area (Å²) in [7, 11) is 0. The molecule has 8 aromatic rings. The van der Waals surface area contributed by atoms with Crippen LogP contribution in [0.5, 0.6) is 0 Å². The van der Waals surface area contributed by atoms with Crippen LogP contribution in [-0.2, 0) is 35.8 Å². The molecule has 0 spiro atoms. The summed E-state index contributed by atoms with van der Waals surface area (Å²) in [6.07, 6.45) is -2.34. The molecule has 6 nitrogen and oxygen atoms in total. The zero-order valence-corrected chi connectivity index (χ0v) is 30.9. The lowest BCUT2D eigenvalue weighted by Crippen LogP contribution is -2.88. The SMILES string of the molecule is O=C1C2N(Cc3cccc4ccccc34)C3C(=O)C(N2Cc2cccc4ccccc24)N(Cc2cccc4ccccc24)C1N3Cc1cccc2ccccc12. The van der Waals surface area contributed by atoms with Gasteiger partial charge in [0.25, 0.3) is 0 Å². The molecule has 4 aliphatic heterocycles. The summed E-state index contributed by atoms with van der Waals surface area (Å²) in [6, 6.07) is 59.1. The number of carbonyl (C=O) groups is 2. The minimum atomic E-state index is -0.585. The normalized spacial score (nSPS) is 21.6. The van der Waals surface area contributed by atoms with Crippen LogP contribution in [0.1, 0.15) is 22.3 Å². The zero-order chi connectivity index (χ0) is 37.3. The average Bonchev–Trinajstić information content (AvgIpc) is 3.23. The lowest BCUT2D eigenvalue weighted by Gasteiger charge is -2.67. The summed E-state index contributed by atoms with van der Waals surface area (Å²) in [4.78, 5) is 40.2. The van der Waals surface area contributed by atoms with Gasteiger partial charge < -0.3 is 0 Å². The van der Waals surface area contributed by atoms with Crippen molar-refractivity contribution < 1.29 is 9.59 Å². The zero-order valence-electron chi connectivity index (χ0n) is 30.9. The van der Waals surface area contributed by atoms with Crippen LogP contribution in [0.2, 0.25) is 0 Å². The Hall–Kier alpha value is -6.02. The van der Waals surface area contributed by atoms with Crippen LogP contribution < -0.4 is 0 Å². The smallest absolute Gasteiger partial charge is 0.196 e. The van der Waals surface area contributed by atoms with Crippen molar-refractivity contribution in [1.82, 2.24) is 19.6 Å². The highest BCUT2D eigenvalue weighted by Gasteiger charge is 2.66. The first-order chi connectivity index (χ1) is 27.6. The second-order valence-electron chi connectivity index (χ2n) is 15.5. The van der Waals surface area contributed by atoms with Crippen molar-refractivity contribution in [3.8, 4) is 0 Å². The van der Waals surface area contributed by atoms with E-state index in [9.17, 15) is 0 Å². The van der Waals surface area contributed by atoms with E-state index in [1.54, 1.807) is 0 Å². The Morgan fingerprint density at radius 3 is 0.750 bits per heavy atom. The Kier molecular flexibility index (Phi) is 7.93. The van der Waals surface area contributed by atoms with Crippen molar-refractivity contribution in [3.05, 3.63) is 192 Å². The Morgan fingerprint density at radius 2 is 0.500 bits per heavy atom. The maximum atomic E-state index is 15.7. The fourth-order valence-corrected chi connectivity index (χ4v) is 10.1. The van der Waals surface area contributed by atoms with Crippen LogP contribution in [0.25, 0.3) is 43.1 Å². The predicted octanol–water partition coefficient (Wildman–Crippen LogP) is 9.09. The van der Waals surface area contributed by atoms with Gasteiger partial charge in [-0.05, 0) is 65.3 Å².